The summed E-state index contributed by atoms with van der Waals surface area (Å²) in [5.74, 6) is -1.46. The molecule has 6 nitrogen and oxygen atoms in total. The van der Waals surface area contributed by atoms with E-state index in [1.165, 1.54) is 0 Å². The number of nitrogens with one attached hydrogen (secondary N) is 3. The highest BCUT2D eigenvalue weighted by molar-refractivity contribution is 6.52. The zero-order valence-corrected chi connectivity index (χ0v) is 7.22. The smallest absolute Gasteiger partial charge is 0.351 e. The second kappa shape index (κ2) is 4.46. The van der Waals surface area contributed by atoms with Gasteiger partial charge in [0, 0.05) is 0 Å². The highest BCUT2D eigenvalue weighted by Gasteiger charge is 2.22. The third-order valence-corrected chi connectivity index (χ3v) is 1.53. The molecule has 0 rings (SSSR count). The maximum absolute atomic E-state index is 10.3. The van der Waals surface area contributed by atoms with Gasteiger partial charge in [0.15, 0.2) is 0 Å². The summed E-state index contributed by atoms with van der Waals surface area (Å²) < 4.78 is 0. The average molecular weight is 184 g/mol. The molecule has 6 N–H and O–H groups in total. The van der Waals surface area contributed by atoms with E-state index in [0.717, 1.165) is 0 Å². The fraction of sp³-hybridized carbons (Fsp3) is 0.429. The summed E-state index contributed by atoms with van der Waals surface area (Å²) in [6.45, 7) is 1.66. The van der Waals surface area contributed by atoms with Gasteiger partial charge in [-0.15, -0.1) is 0 Å². The van der Waals surface area contributed by atoms with Gasteiger partial charge < -0.3 is 21.7 Å². The van der Waals surface area contributed by atoms with Crippen molar-refractivity contribution in [2.75, 3.05) is 0 Å². The molecule has 72 valence electrons. The predicted molar refractivity (Wildman–Crippen MR) is 49.1 cm³/mol. The quantitative estimate of drug-likeness (QED) is 0.381. The third-order valence-electron chi connectivity index (χ3n) is 1.53. The Hall–Kier alpha value is -1.56. The Morgan fingerprint density at radius 2 is 1.85 bits per heavy atom. The maximum atomic E-state index is 10.3. The molecule has 0 amide bonds. The summed E-state index contributed by atoms with van der Waals surface area (Å²) in [7, 11) is 0. The molecule has 0 radical (unpaired) electrons. The van der Waals surface area contributed by atoms with Gasteiger partial charge in [-0.2, -0.15) is 0 Å². The Labute approximate surface area is 75.3 Å². The van der Waals surface area contributed by atoms with Gasteiger partial charge in [-0.05, 0) is 6.42 Å². The Balaban J connectivity index is 4.52. The molecule has 0 bridgehead atoms. The van der Waals surface area contributed by atoms with Crippen LogP contribution in [0.15, 0.2) is 0 Å². The van der Waals surface area contributed by atoms with Crippen LogP contribution >= 0.6 is 0 Å². The molecule has 0 aliphatic heterocycles. The Morgan fingerprint density at radius 1 is 1.38 bits per heavy atom. The lowest BCUT2D eigenvalue weighted by Gasteiger charge is -2.11. The van der Waals surface area contributed by atoms with Crippen LogP contribution in [0, 0.1) is 16.2 Å². The fourth-order valence-electron chi connectivity index (χ4n) is 0.656. The predicted octanol–water partition coefficient (Wildman–Crippen LogP) is -0.132. The molecule has 0 heterocycles. The van der Waals surface area contributed by atoms with Crippen LogP contribution in [-0.2, 0) is 4.79 Å². The van der Waals surface area contributed by atoms with E-state index in [0.29, 0.717) is 6.42 Å². The number of nitrogens with two attached hydrogens (primary N) is 1. The van der Waals surface area contributed by atoms with E-state index in [-0.39, 0.29) is 11.4 Å². The van der Waals surface area contributed by atoms with E-state index in [9.17, 15) is 4.79 Å². The van der Waals surface area contributed by atoms with Crippen molar-refractivity contribution in [1.82, 2.24) is 0 Å². The second-order valence-electron chi connectivity index (χ2n) is 2.44. The topological polar surface area (TPSA) is 135 Å². The van der Waals surface area contributed by atoms with Crippen LogP contribution in [0.3, 0.4) is 0 Å². The first kappa shape index (κ1) is 11.4. The molecule has 0 aromatic carbocycles. The van der Waals surface area contributed by atoms with Gasteiger partial charge in [0.2, 0.25) is 0 Å². The summed E-state index contributed by atoms with van der Waals surface area (Å²) in [6, 6.07) is -1.30. The number of aliphatic carboxylic acids is 1. The zero-order valence-electron chi connectivity index (χ0n) is 7.22. The molecular weight excluding hydrogens is 172 g/mol. The van der Waals surface area contributed by atoms with Crippen molar-refractivity contribution >= 4 is 23.1 Å². The molecule has 13 heavy (non-hydrogen) atoms. The number of carboxylic acid groups (broad SMARTS) is 1. The maximum Gasteiger partial charge on any atom is 0.351 e. The van der Waals surface area contributed by atoms with Gasteiger partial charge in [0.05, 0.1) is 17.5 Å². The van der Waals surface area contributed by atoms with E-state index < -0.39 is 17.7 Å². The first-order valence-electron chi connectivity index (χ1n) is 3.65. The number of hydrogen-bond donors (Lipinski definition) is 5. The molecule has 0 fully saturated rings. The number of carboxylic acids is 1. The van der Waals surface area contributed by atoms with Crippen LogP contribution < -0.4 is 5.73 Å². The molecular formula is C7H12N4O2. The molecule has 0 aromatic rings. The molecule has 0 aromatic heterocycles. The highest BCUT2D eigenvalue weighted by Crippen LogP contribution is 1.93. The summed E-state index contributed by atoms with van der Waals surface area (Å²) in [6.07, 6.45) is 0.305. The first-order valence-corrected chi connectivity index (χ1v) is 3.65. The van der Waals surface area contributed by atoms with Gasteiger partial charge in [0.25, 0.3) is 0 Å². The lowest BCUT2D eigenvalue weighted by atomic mass is 10.0. The number of rotatable bonds is 5. The third kappa shape index (κ3) is 2.75. The van der Waals surface area contributed by atoms with Gasteiger partial charge in [0.1, 0.15) is 5.71 Å². The monoisotopic (exact) mass is 184 g/mol. The summed E-state index contributed by atoms with van der Waals surface area (Å²) in [5.41, 5.74) is 4.15. The van der Waals surface area contributed by atoms with E-state index >= 15 is 0 Å². The van der Waals surface area contributed by atoms with E-state index in [1.807, 2.05) is 0 Å². The summed E-state index contributed by atoms with van der Waals surface area (Å²) in [5, 5.41) is 29.9. The van der Waals surface area contributed by atoms with Gasteiger partial charge >= 0.3 is 5.97 Å². The van der Waals surface area contributed by atoms with Crippen LogP contribution in [0.4, 0.5) is 0 Å². The van der Waals surface area contributed by atoms with Gasteiger partial charge in [-0.25, -0.2) is 4.79 Å². The highest BCUT2D eigenvalue weighted by atomic mass is 16.4. The van der Waals surface area contributed by atoms with Crippen molar-refractivity contribution in [2.45, 2.75) is 19.4 Å². The molecule has 0 aliphatic carbocycles. The molecule has 1 unspecified atom stereocenters. The SMILES string of the molecule is CCC(=N)C(=N)C(N)C(=N)C(=O)O. The van der Waals surface area contributed by atoms with Crippen LogP contribution in [0.5, 0.6) is 0 Å². The first-order chi connectivity index (χ1) is 5.91. The Kier molecular flexibility index (Phi) is 3.93. The Bertz CT molecular complexity index is 272. The molecule has 0 saturated heterocycles. The van der Waals surface area contributed by atoms with Crippen LogP contribution in [-0.4, -0.2) is 34.3 Å². The van der Waals surface area contributed by atoms with Crippen molar-refractivity contribution in [3.8, 4) is 0 Å². The van der Waals surface area contributed by atoms with Gasteiger partial charge in [-0.3, -0.25) is 5.41 Å². The van der Waals surface area contributed by atoms with Crippen LogP contribution in [0.1, 0.15) is 13.3 Å². The van der Waals surface area contributed by atoms with Crippen LogP contribution in [0.25, 0.3) is 0 Å². The van der Waals surface area contributed by atoms with Crippen LogP contribution in [0.2, 0.25) is 0 Å². The second-order valence-corrected chi connectivity index (χ2v) is 2.44. The Morgan fingerprint density at radius 3 is 2.15 bits per heavy atom. The van der Waals surface area contributed by atoms with Gasteiger partial charge in [-0.1, -0.05) is 6.92 Å². The molecule has 1 atom stereocenters. The lowest BCUT2D eigenvalue weighted by Crippen LogP contribution is -2.44. The number of carbonyl (C=O) groups is 1. The summed E-state index contributed by atoms with van der Waals surface area (Å²) >= 11 is 0. The minimum absolute atomic E-state index is 0.0431. The molecule has 0 spiro atoms. The molecule has 0 aliphatic rings. The van der Waals surface area contributed by atoms with Crippen molar-refractivity contribution < 1.29 is 9.90 Å². The normalized spacial score (nSPS) is 11.8. The summed E-state index contributed by atoms with van der Waals surface area (Å²) in [4.78, 5) is 10.3. The fourth-order valence-corrected chi connectivity index (χ4v) is 0.656. The van der Waals surface area contributed by atoms with Crippen molar-refractivity contribution in [2.24, 2.45) is 5.73 Å². The average Bonchev–Trinajstić information content (AvgIpc) is 2.12. The zero-order chi connectivity index (χ0) is 10.6. The minimum atomic E-state index is -1.46. The number of hydrogen-bond acceptors (Lipinski definition) is 5. The standard InChI is InChI=1S/C7H12N4O2/c1-2-3(8)4(9)5(10)6(11)7(12)13/h5,8-9,11H,2,10H2,1H3,(H,12,13). The minimum Gasteiger partial charge on any atom is -0.477 e. The van der Waals surface area contributed by atoms with Crippen molar-refractivity contribution in [3.63, 3.8) is 0 Å². The molecule has 6 heteroatoms. The van der Waals surface area contributed by atoms with Crippen molar-refractivity contribution in [1.29, 1.82) is 16.2 Å². The van der Waals surface area contributed by atoms with E-state index in [4.69, 9.17) is 27.1 Å². The van der Waals surface area contributed by atoms with E-state index in [1.54, 1.807) is 6.92 Å². The van der Waals surface area contributed by atoms with E-state index in [2.05, 4.69) is 0 Å². The largest absolute Gasteiger partial charge is 0.477 e. The lowest BCUT2D eigenvalue weighted by molar-refractivity contribution is -0.129. The molecule has 0 saturated carbocycles. The van der Waals surface area contributed by atoms with Crippen molar-refractivity contribution in [3.05, 3.63) is 0 Å².